The first-order chi connectivity index (χ1) is 19.2. The number of fused-ring (bicyclic) bond motifs is 3. The highest BCUT2D eigenvalue weighted by molar-refractivity contribution is 7.18. The van der Waals surface area contributed by atoms with Gasteiger partial charge in [-0.05, 0) is 74.6 Å². The number of halogens is 3. The molecule has 3 saturated carbocycles. The predicted molar refractivity (Wildman–Crippen MR) is 148 cm³/mol. The van der Waals surface area contributed by atoms with Crippen molar-refractivity contribution in [2.75, 3.05) is 0 Å². The minimum atomic E-state index is -1.22. The molecule has 3 fully saturated rings. The molecule has 11 heteroatoms. The summed E-state index contributed by atoms with van der Waals surface area (Å²) in [7, 11) is 0. The second-order valence-corrected chi connectivity index (χ2v) is 13.0. The van der Waals surface area contributed by atoms with Crippen LogP contribution in [0.3, 0.4) is 0 Å². The van der Waals surface area contributed by atoms with Crippen LogP contribution < -0.4 is 0 Å². The van der Waals surface area contributed by atoms with Gasteiger partial charge in [0.15, 0.2) is 5.82 Å². The zero-order valence-electron chi connectivity index (χ0n) is 21.2. The van der Waals surface area contributed by atoms with Gasteiger partial charge in [0.05, 0.1) is 33.0 Å². The Balaban J connectivity index is 1.14. The van der Waals surface area contributed by atoms with Gasteiger partial charge in [-0.3, -0.25) is 0 Å². The summed E-state index contributed by atoms with van der Waals surface area (Å²) in [4.78, 5) is 15.8. The molecule has 7 rings (SSSR count). The van der Waals surface area contributed by atoms with E-state index >= 15 is 0 Å². The summed E-state index contributed by atoms with van der Waals surface area (Å²) in [5.41, 5.74) is 0.840. The lowest BCUT2D eigenvalue weighted by Crippen LogP contribution is -2.42. The van der Waals surface area contributed by atoms with Crippen LogP contribution in [0.2, 0.25) is 10.0 Å². The van der Waals surface area contributed by atoms with E-state index < -0.39 is 17.4 Å². The first kappa shape index (κ1) is 26.3. The minimum absolute atomic E-state index is 0.0680. The van der Waals surface area contributed by atoms with Crippen molar-refractivity contribution in [1.82, 2.24) is 10.1 Å². The molecule has 4 aromatic rings. The number of carboxylic acid groups (broad SMARTS) is 1. The van der Waals surface area contributed by atoms with Crippen LogP contribution in [-0.2, 0) is 16.9 Å². The monoisotopic (exact) mass is 602 g/mol. The predicted octanol–water partition coefficient (Wildman–Crippen LogP) is 7.57. The molecule has 2 heterocycles. The Morgan fingerprint density at radius 1 is 1.15 bits per heavy atom. The van der Waals surface area contributed by atoms with Crippen LogP contribution >= 0.6 is 34.5 Å². The Morgan fingerprint density at radius 2 is 1.85 bits per heavy atom. The molecular weight excluding hydrogens is 578 g/mol. The first-order valence-corrected chi connectivity index (χ1v) is 14.9. The third-order valence-corrected chi connectivity index (χ3v) is 10.3. The van der Waals surface area contributed by atoms with E-state index in [9.17, 15) is 19.4 Å². The molecular formula is C29H25Cl2FN2O5S. The lowest BCUT2D eigenvalue weighted by molar-refractivity contribution is -0.105. The molecule has 0 radical (unpaired) electrons. The highest BCUT2D eigenvalue weighted by atomic mass is 35.5. The molecule has 0 saturated heterocycles. The van der Waals surface area contributed by atoms with E-state index in [1.54, 1.807) is 18.2 Å². The van der Waals surface area contributed by atoms with E-state index in [0.717, 1.165) is 54.4 Å². The second kappa shape index (κ2) is 9.77. The molecule has 7 nitrogen and oxygen atoms in total. The SMILES string of the molecule is O=C(O)c1cc(F)c2nc(C3(O)CC4CC[C@@H](C3)C4OCc3c(-c4c(Cl)cccc4Cl)noc3C3CC3)sc2c1. The van der Waals surface area contributed by atoms with Crippen LogP contribution in [0.5, 0.6) is 0 Å². The van der Waals surface area contributed by atoms with Gasteiger partial charge in [0, 0.05) is 17.0 Å². The largest absolute Gasteiger partial charge is 0.478 e. The number of aromatic nitrogens is 2. The van der Waals surface area contributed by atoms with E-state index in [0.29, 0.717) is 56.4 Å². The Labute approximate surface area is 242 Å². The molecule has 208 valence electrons. The van der Waals surface area contributed by atoms with Crippen molar-refractivity contribution in [2.45, 2.75) is 62.8 Å². The van der Waals surface area contributed by atoms with Crippen LogP contribution in [0.4, 0.5) is 4.39 Å². The number of aromatic carboxylic acids is 1. The molecule has 2 bridgehead atoms. The van der Waals surface area contributed by atoms with Gasteiger partial charge >= 0.3 is 5.97 Å². The number of nitrogens with zero attached hydrogens (tertiary/aromatic N) is 2. The molecule has 4 atom stereocenters. The maximum atomic E-state index is 14.6. The Hall–Kier alpha value is -2.56. The molecule has 2 N–H and O–H groups in total. The second-order valence-electron chi connectivity index (χ2n) is 11.2. The number of rotatable bonds is 7. The number of benzene rings is 2. The summed E-state index contributed by atoms with van der Waals surface area (Å²) in [5.74, 6) is -0.588. The zero-order valence-corrected chi connectivity index (χ0v) is 23.5. The van der Waals surface area contributed by atoms with Crippen LogP contribution in [-0.4, -0.2) is 32.4 Å². The number of hydrogen-bond donors (Lipinski definition) is 2. The number of carbonyl (C=O) groups is 1. The Bertz CT molecular complexity index is 1620. The molecule has 2 aromatic carbocycles. The fourth-order valence-electron chi connectivity index (χ4n) is 6.51. The summed E-state index contributed by atoms with van der Waals surface area (Å²) in [6, 6.07) is 7.72. The van der Waals surface area contributed by atoms with Gasteiger partial charge in [-0.2, -0.15) is 0 Å². The summed E-state index contributed by atoms with van der Waals surface area (Å²) < 4.78 is 27.4. The maximum absolute atomic E-state index is 14.6. The molecule has 2 aromatic heterocycles. The highest BCUT2D eigenvalue weighted by Crippen LogP contribution is 2.54. The Kier molecular flexibility index (Phi) is 6.44. The zero-order chi connectivity index (χ0) is 27.8. The van der Waals surface area contributed by atoms with E-state index in [4.69, 9.17) is 32.5 Å². The molecule has 3 aliphatic carbocycles. The van der Waals surface area contributed by atoms with Gasteiger partial charge in [0.25, 0.3) is 0 Å². The molecule has 3 aliphatic rings. The van der Waals surface area contributed by atoms with Gasteiger partial charge in [0.2, 0.25) is 0 Å². The number of ether oxygens (including phenoxy) is 1. The normalized spacial score (nSPS) is 26.1. The summed E-state index contributed by atoms with van der Waals surface area (Å²) in [5, 5.41) is 26.8. The van der Waals surface area contributed by atoms with Crippen molar-refractivity contribution >= 4 is 50.7 Å². The number of thiazole rings is 1. The summed E-state index contributed by atoms with van der Waals surface area (Å²) in [6.07, 6.45) is 4.69. The van der Waals surface area contributed by atoms with E-state index in [1.165, 1.54) is 6.07 Å². The number of carboxylic acids is 1. The molecule has 0 aliphatic heterocycles. The van der Waals surface area contributed by atoms with Crippen LogP contribution in [0, 0.1) is 17.7 Å². The van der Waals surface area contributed by atoms with Crippen molar-refractivity contribution in [3.8, 4) is 11.3 Å². The molecule has 3 unspecified atom stereocenters. The lowest BCUT2D eigenvalue weighted by atomic mass is 9.76. The number of hydrogen-bond acceptors (Lipinski definition) is 7. The third-order valence-electron chi connectivity index (χ3n) is 8.52. The smallest absolute Gasteiger partial charge is 0.335 e. The topological polar surface area (TPSA) is 106 Å². The fraction of sp³-hybridized carbons (Fsp3) is 0.414. The third kappa shape index (κ3) is 4.43. The quantitative estimate of drug-likeness (QED) is 0.225. The van der Waals surface area contributed by atoms with Gasteiger partial charge in [-0.1, -0.05) is 34.4 Å². The number of aliphatic hydroxyl groups is 1. The standard InChI is InChI=1S/C29H25Cl2FN2O5S/c30-18-2-1-3-19(31)22(18)23-17(26(39-34-23)13-4-5-13)12-38-25-14-6-7-15(25)11-29(37,10-14)28-33-24-20(32)8-16(27(35)36)9-21(24)40-28/h1-3,8-9,13-15,25,37H,4-7,10-12H2,(H,35,36)/t14-,15?,25?,29?/m0/s1. The van der Waals surface area contributed by atoms with E-state index in [-0.39, 0.29) is 29.0 Å². The van der Waals surface area contributed by atoms with E-state index in [2.05, 4.69) is 10.1 Å². The van der Waals surface area contributed by atoms with Crippen LogP contribution in [0.1, 0.15) is 71.1 Å². The van der Waals surface area contributed by atoms with Gasteiger partial charge in [-0.25, -0.2) is 14.2 Å². The maximum Gasteiger partial charge on any atom is 0.335 e. The molecule has 0 spiro atoms. The van der Waals surface area contributed by atoms with E-state index in [1.807, 2.05) is 0 Å². The summed E-state index contributed by atoms with van der Waals surface area (Å²) >= 11 is 14.2. The van der Waals surface area contributed by atoms with Crippen molar-refractivity contribution in [3.05, 3.63) is 68.1 Å². The molecule has 0 amide bonds. The van der Waals surface area contributed by atoms with Gasteiger partial charge in [0.1, 0.15) is 27.6 Å². The van der Waals surface area contributed by atoms with Crippen LogP contribution in [0.25, 0.3) is 21.5 Å². The fourth-order valence-corrected chi connectivity index (χ4v) is 8.22. The average molecular weight is 603 g/mol. The van der Waals surface area contributed by atoms with Gasteiger partial charge in [-0.15, -0.1) is 11.3 Å². The molecule has 40 heavy (non-hydrogen) atoms. The lowest BCUT2D eigenvalue weighted by Gasteiger charge is -2.40. The van der Waals surface area contributed by atoms with Crippen molar-refractivity contribution in [2.24, 2.45) is 11.8 Å². The minimum Gasteiger partial charge on any atom is -0.478 e. The van der Waals surface area contributed by atoms with Crippen LogP contribution in [0.15, 0.2) is 34.9 Å². The summed E-state index contributed by atoms with van der Waals surface area (Å²) in [6.45, 7) is 0.298. The van der Waals surface area contributed by atoms with Crippen molar-refractivity contribution in [1.29, 1.82) is 0 Å². The van der Waals surface area contributed by atoms with Crippen molar-refractivity contribution in [3.63, 3.8) is 0 Å². The Morgan fingerprint density at radius 3 is 2.50 bits per heavy atom. The van der Waals surface area contributed by atoms with Crippen molar-refractivity contribution < 1.29 is 28.7 Å². The highest BCUT2D eigenvalue weighted by Gasteiger charge is 2.52. The first-order valence-electron chi connectivity index (χ1n) is 13.3. The van der Waals surface area contributed by atoms with Gasteiger partial charge < -0.3 is 19.5 Å². The average Bonchev–Trinajstić information content (AvgIpc) is 3.41.